The highest BCUT2D eigenvalue weighted by molar-refractivity contribution is 7.18. The minimum Gasteiger partial charge on any atom is -0.477 e. The number of carbonyl (C=O) groups is 2. The van der Waals surface area contributed by atoms with Gasteiger partial charge in [0.05, 0.1) is 10.7 Å². The van der Waals surface area contributed by atoms with Gasteiger partial charge in [0, 0.05) is 0 Å². The molecule has 0 spiro atoms. The molecule has 0 aliphatic rings. The van der Waals surface area contributed by atoms with Gasteiger partial charge in [-0.1, -0.05) is 4.49 Å². The maximum Gasteiger partial charge on any atom is 0.346 e. The molecule has 0 saturated heterocycles. The number of rotatable bonds is 3. The van der Waals surface area contributed by atoms with Crippen molar-refractivity contribution in [3.63, 3.8) is 0 Å². The van der Waals surface area contributed by atoms with Gasteiger partial charge in [-0.05, 0) is 37.0 Å². The van der Waals surface area contributed by atoms with Crippen LogP contribution >= 0.6 is 22.9 Å². The summed E-state index contributed by atoms with van der Waals surface area (Å²) in [4.78, 5) is 23.4. The van der Waals surface area contributed by atoms with Crippen molar-refractivity contribution in [2.24, 2.45) is 0 Å². The first-order chi connectivity index (χ1) is 8.49. The van der Waals surface area contributed by atoms with Crippen molar-refractivity contribution in [2.45, 2.75) is 13.8 Å². The van der Waals surface area contributed by atoms with Crippen molar-refractivity contribution in [3.8, 4) is 0 Å². The summed E-state index contributed by atoms with van der Waals surface area (Å²) in [6, 6.07) is 1.63. The fraction of sp³-hybridized carbons (Fsp3) is 0.200. The zero-order valence-electron chi connectivity index (χ0n) is 9.55. The van der Waals surface area contributed by atoms with E-state index in [0.717, 1.165) is 22.9 Å². The standard InChI is InChI=1S/C10H9N3O3S2/c1-4-3-6(17-7(4)10(15)16)11-9(14)8-5(2)12-13-18-8/h3H,1-2H3,(H,11,14)(H,15,16). The molecule has 2 aromatic heterocycles. The lowest BCUT2D eigenvalue weighted by Gasteiger charge is -1.98. The van der Waals surface area contributed by atoms with Gasteiger partial charge in [-0.25, -0.2) is 4.79 Å². The van der Waals surface area contributed by atoms with Gasteiger partial charge in [-0.3, -0.25) is 4.79 Å². The summed E-state index contributed by atoms with van der Waals surface area (Å²) in [6.45, 7) is 3.38. The number of thiophene rings is 1. The van der Waals surface area contributed by atoms with E-state index in [1.807, 2.05) is 0 Å². The molecule has 2 heterocycles. The SMILES string of the molecule is Cc1cc(NC(=O)c2snnc2C)sc1C(=O)O. The van der Waals surface area contributed by atoms with Gasteiger partial charge in [0.25, 0.3) is 5.91 Å². The molecule has 0 saturated carbocycles. The van der Waals surface area contributed by atoms with Crippen LogP contribution in [0.3, 0.4) is 0 Å². The smallest absolute Gasteiger partial charge is 0.346 e. The second-order valence-electron chi connectivity index (χ2n) is 3.57. The maximum absolute atomic E-state index is 11.9. The number of carbonyl (C=O) groups excluding carboxylic acids is 1. The molecule has 0 atom stereocenters. The molecule has 1 amide bonds. The highest BCUT2D eigenvalue weighted by Crippen LogP contribution is 2.27. The number of nitrogens with one attached hydrogen (secondary N) is 1. The van der Waals surface area contributed by atoms with Crippen molar-refractivity contribution in [1.82, 2.24) is 9.59 Å². The Kier molecular flexibility index (Phi) is 3.39. The van der Waals surface area contributed by atoms with Crippen molar-refractivity contribution < 1.29 is 14.7 Å². The Balaban J connectivity index is 2.20. The third kappa shape index (κ3) is 2.39. The Labute approximate surface area is 110 Å². The van der Waals surface area contributed by atoms with Gasteiger partial charge in [-0.15, -0.1) is 16.4 Å². The van der Waals surface area contributed by atoms with E-state index in [-0.39, 0.29) is 10.8 Å². The lowest BCUT2D eigenvalue weighted by atomic mass is 10.3. The average molecular weight is 283 g/mol. The second kappa shape index (κ2) is 4.83. The van der Waals surface area contributed by atoms with E-state index in [0.29, 0.717) is 21.1 Å². The molecule has 6 nitrogen and oxygen atoms in total. The number of aryl methyl sites for hydroxylation is 2. The van der Waals surface area contributed by atoms with E-state index in [4.69, 9.17) is 5.11 Å². The van der Waals surface area contributed by atoms with Gasteiger partial charge in [0.1, 0.15) is 9.75 Å². The van der Waals surface area contributed by atoms with Gasteiger partial charge in [-0.2, -0.15) is 0 Å². The summed E-state index contributed by atoms with van der Waals surface area (Å²) in [6.07, 6.45) is 0. The first-order valence-electron chi connectivity index (χ1n) is 4.93. The predicted octanol–water partition coefficient (Wildman–Crippen LogP) is 2.17. The highest BCUT2D eigenvalue weighted by atomic mass is 32.1. The van der Waals surface area contributed by atoms with E-state index in [1.54, 1.807) is 19.9 Å². The number of carboxylic acids is 1. The first-order valence-corrected chi connectivity index (χ1v) is 6.52. The van der Waals surface area contributed by atoms with Crippen molar-refractivity contribution in [2.75, 3.05) is 5.32 Å². The average Bonchev–Trinajstić information content (AvgIpc) is 2.84. The number of carboxylic acid groups (broad SMARTS) is 1. The largest absolute Gasteiger partial charge is 0.477 e. The molecule has 0 fully saturated rings. The van der Waals surface area contributed by atoms with Crippen LogP contribution < -0.4 is 5.32 Å². The molecular formula is C10H9N3O3S2. The molecule has 0 radical (unpaired) electrons. The van der Waals surface area contributed by atoms with Crippen LogP contribution in [0.4, 0.5) is 5.00 Å². The molecule has 2 aromatic rings. The summed E-state index contributed by atoms with van der Waals surface area (Å²) in [5.74, 6) is -1.31. The van der Waals surface area contributed by atoms with E-state index in [1.165, 1.54) is 0 Å². The van der Waals surface area contributed by atoms with Crippen molar-refractivity contribution >= 4 is 39.7 Å². The number of hydrogen-bond donors (Lipinski definition) is 2. The highest BCUT2D eigenvalue weighted by Gasteiger charge is 2.17. The zero-order chi connectivity index (χ0) is 13.3. The molecule has 94 valence electrons. The second-order valence-corrected chi connectivity index (χ2v) is 5.38. The van der Waals surface area contributed by atoms with Crippen LogP contribution in [-0.2, 0) is 0 Å². The fourth-order valence-corrected chi connectivity index (χ4v) is 2.82. The van der Waals surface area contributed by atoms with E-state index >= 15 is 0 Å². The molecule has 0 aliphatic carbocycles. The quantitative estimate of drug-likeness (QED) is 0.900. The minimum atomic E-state index is -0.992. The van der Waals surface area contributed by atoms with Gasteiger partial charge < -0.3 is 10.4 Å². The van der Waals surface area contributed by atoms with Gasteiger partial charge in [0.15, 0.2) is 0 Å². The van der Waals surface area contributed by atoms with E-state index in [2.05, 4.69) is 14.9 Å². The number of amides is 1. The minimum absolute atomic E-state index is 0.226. The summed E-state index contributed by atoms with van der Waals surface area (Å²) in [7, 11) is 0. The van der Waals surface area contributed by atoms with Crippen LogP contribution in [0, 0.1) is 13.8 Å². The lowest BCUT2D eigenvalue weighted by molar-refractivity contribution is 0.0701. The van der Waals surface area contributed by atoms with Gasteiger partial charge >= 0.3 is 5.97 Å². The molecule has 0 aromatic carbocycles. The third-order valence-corrected chi connectivity index (χ3v) is 4.17. The number of aromatic nitrogens is 2. The first kappa shape index (κ1) is 12.7. The maximum atomic E-state index is 11.9. The van der Waals surface area contributed by atoms with Crippen LogP contribution in [0.5, 0.6) is 0 Å². The Hall–Kier alpha value is -1.80. The zero-order valence-corrected chi connectivity index (χ0v) is 11.2. The lowest BCUT2D eigenvalue weighted by Crippen LogP contribution is -2.10. The molecule has 18 heavy (non-hydrogen) atoms. The summed E-state index contributed by atoms with van der Waals surface area (Å²) in [5, 5.41) is 15.8. The Morgan fingerprint density at radius 3 is 2.56 bits per heavy atom. The summed E-state index contributed by atoms with van der Waals surface area (Å²) in [5.41, 5.74) is 1.19. The Bertz CT molecular complexity index is 618. The topological polar surface area (TPSA) is 92.2 Å². The van der Waals surface area contributed by atoms with Crippen LogP contribution in [0.15, 0.2) is 6.07 Å². The Morgan fingerprint density at radius 1 is 1.33 bits per heavy atom. The van der Waals surface area contributed by atoms with Crippen LogP contribution in [-0.4, -0.2) is 26.6 Å². The number of aromatic carboxylic acids is 1. The number of nitrogens with zero attached hydrogens (tertiary/aromatic N) is 2. The van der Waals surface area contributed by atoms with Crippen LogP contribution in [0.25, 0.3) is 0 Å². The molecule has 0 bridgehead atoms. The predicted molar refractivity (Wildman–Crippen MR) is 68.6 cm³/mol. The van der Waals surface area contributed by atoms with Crippen LogP contribution in [0.1, 0.15) is 30.6 Å². The van der Waals surface area contributed by atoms with E-state index in [9.17, 15) is 9.59 Å². The van der Waals surface area contributed by atoms with Gasteiger partial charge in [0.2, 0.25) is 0 Å². The molecule has 0 aliphatic heterocycles. The number of hydrogen-bond acceptors (Lipinski definition) is 6. The molecule has 8 heteroatoms. The monoisotopic (exact) mass is 283 g/mol. The molecular weight excluding hydrogens is 274 g/mol. The summed E-state index contributed by atoms with van der Waals surface area (Å²) < 4.78 is 3.68. The number of anilines is 1. The third-order valence-electron chi connectivity index (χ3n) is 2.21. The molecule has 0 unspecified atom stereocenters. The normalized spacial score (nSPS) is 10.3. The fourth-order valence-electron chi connectivity index (χ4n) is 1.36. The van der Waals surface area contributed by atoms with E-state index < -0.39 is 5.97 Å². The molecule has 2 N–H and O–H groups in total. The van der Waals surface area contributed by atoms with Crippen molar-refractivity contribution in [1.29, 1.82) is 0 Å². The molecule has 2 rings (SSSR count). The van der Waals surface area contributed by atoms with Crippen LogP contribution in [0.2, 0.25) is 0 Å². The Morgan fingerprint density at radius 2 is 2.06 bits per heavy atom. The summed E-state index contributed by atoms with van der Waals surface area (Å²) >= 11 is 2.04. The van der Waals surface area contributed by atoms with Crippen molar-refractivity contribution in [3.05, 3.63) is 27.1 Å².